The van der Waals surface area contributed by atoms with Gasteiger partial charge in [0.25, 0.3) is 0 Å². The van der Waals surface area contributed by atoms with E-state index in [2.05, 4.69) is 6.07 Å². The van der Waals surface area contributed by atoms with Gasteiger partial charge in [-0.25, -0.2) is 0 Å². The summed E-state index contributed by atoms with van der Waals surface area (Å²) in [7, 11) is 0. The minimum absolute atomic E-state index is 0.0872. The van der Waals surface area contributed by atoms with Gasteiger partial charge in [-0.3, -0.25) is 0 Å². The molecule has 0 saturated heterocycles. The van der Waals surface area contributed by atoms with Crippen LogP contribution < -0.4 is 4.74 Å². The highest BCUT2D eigenvalue weighted by molar-refractivity contribution is 5.20. The molecule has 1 fully saturated rings. The third kappa shape index (κ3) is 2.05. The average Bonchev–Trinajstić information content (AvgIpc) is 2.47. The van der Waals surface area contributed by atoms with Gasteiger partial charge in [0.15, 0.2) is 0 Å². The maximum absolute atomic E-state index is 9.31. The molecular formula is C11H13O3. The summed E-state index contributed by atoms with van der Waals surface area (Å²) < 4.78 is 5.56. The Hall–Kier alpha value is -1.06. The molecule has 0 spiro atoms. The predicted molar refractivity (Wildman–Crippen MR) is 50.9 cm³/mol. The van der Waals surface area contributed by atoms with Gasteiger partial charge in [0.2, 0.25) is 0 Å². The van der Waals surface area contributed by atoms with Crippen LogP contribution in [0.3, 0.4) is 0 Å². The summed E-state index contributed by atoms with van der Waals surface area (Å²) in [5.41, 5.74) is 0. The Bertz CT molecular complexity index is 276. The predicted octanol–water partition coefficient (Wildman–Crippen LogP) is 0.750. The molecule has 3 nitrogen and oxygen atoms in total. The van der Waals surface area contributed by atoms with E-state index in [4.69, 9.17) is 4.74 Å². The van der Waals surface area contributed by atoms with E-state index in [0.29, 0.717) is 12.8 Å². The molecule has 14 heavy (non-hydrogen) atoms. The first-order valence-corrected chi connectivity index (χ1v) is 4.74. The van der Waals surface area contributed by atoms with E-state index < -0.39 is 12.2 Å². The number of benzene rings is 1. The summed E-state index contributed by atoms with van der Waals surface area (Å²) in [4.78, 5) is 0. The lowest BCUT2D eigenvalue weighted by molar-refractivity contribution is 0.0438. The summed E-state index contributed by atoms with van der Waals surface area (Å²) >= 11 is 0. The summed E-state index contributed by atoms with van der Waals surface area (Å²) in [6.45, 7) is 0. The van der Waals surface area contributed by atoms with Crippen LogP contribution >= 0.6 is 0 Å². The lowest BCUT2D eigenvalue weighted by Crippen LogP contribution is -2.17. The molecule has 1 radical (unpaired) electrons. The van der Waals surface area contributed by atoms with Gasteiger partial charge >= 0.3 is 0 Å². The van der Waals surface area contributed by atoms with E-state index in [1.807, 2.05) is 12.1 Å². The molecule has 2 unspecified atom stereocenters. The summed E-state index contributed by atoms with van der Waals surface area (Å²) in [6, 6.07) is 10.1. The zero-order valence-corrected chi connectivity index (χ0v) is 7.76. The van der Waals surface area contributed by atoms with Gasteiger partial charge in [-0.2, -0.15) is 0 Å². The smallest absolute Gasteiger partial charge is 0.120 e. The maximum atomic E-state index is 9.31. The molecule has 0 amide bonds. The van der Waals surface area contributed by atoms with E-state index in [1.54, 1.807) is 12.1 Å². The molecule has 1 aliphatic rings. The molecule has 1 aliphatic carbocycles. The maximum Gasteiger partial charge on any atom is 0.120 e. The molecule has 0 aliphatic heterocycles. The molecule has 2 N–H and O–H groups in total. The zero-order valence-electron chi connectivity index (χ0n) is 7.76. The first-order valence-electron chi connectivity index (χ1n) is 4.74. The van der Waals surface area contributed by atoms with E-state index in [9.17, 15) is 10.2 Å². The van der Waals surface area contributed by atoms with Gasteiger partial charge in [0.05, 0.1) is 12.2 Å². The lowest BCUT2D eigenvalue weighted by atomic mass is 10.3. The third-order valence-electron chi connectivity index (χ3n) is 2.43. The quantitative estimate of drug-likeness (QED) is 0.728. The SMILES string of the molecule is OC1CC(Oc2c[c]ccc2)CC1O. The Morgan fingerprint density at radius 1 is 1.29 bits per heavy atom. The normalized spacial score (nSPS) is 31.7. The van der Waals surface area contributed by atoms with Gasteiger partial charge in [-0.05, 0) is 18.2 Å². The van der Waals surface area contributed by atoms with Crippen LogP contribution in [0.4, 0.5) is 0 Å². The van der Waals surface area contributed by atoms with Crippen molar-refractivity contribution in [2.45, 2.75) is 31.2 Å². The summed E-state index contributed by atoms with van der Waals surface area (Å²) in [6.07, 6.45) is -0.386. The van der Waals surface area contributed by atoms with Crippen molar-refractivity contribution >= 4 is 0 Å². The number of aliphatic hydroxyl groups is 2. The Balaban J connectivity index is 1.94. The van der Waals surface area contributed by atoms with Gasteiger partial charge in [0, 0.05) is 12.8 Å². The summed E-state index contributed by atoms with van der Waals surface area (Å²) in [5, 5.41) is 18.6. The molecule has 2 atom stereocenters. The van der Waals surface area contributed by atoms with E-state index in [1.165, 1.54) is 0 Å². The Morgan fingerprint density at radius 2 is 2.00 bits per heavy atom. The fraction of sp³-hybridized carbons (Fsp3) is 0.455. The monoisotopic (exact) mass is 193 g/mol. The van der Waals surface area contributed by atoms with Gasteiger partial charge in [-0.15, -0.1) is 0 Å². The van der Waals surface area contributed by atoms with Crippen molar-refractivity contribution in [1.82, 2.24) is 0 Å². The molecular weight excluding hydrogens is 180 g/mol. The highest BCUT2D eigenvalue weighted by Crippen LogP contribution is 2.24. The average molecular weight is 193 g/mol. The van der Waals surface area contributed by atoms with Crippen LogP contribution in [-0.2, 0) is 0 Å². The first kappa shape index (κ1) is 9.49. The zero-order chi connectivity index (χ0) is 9.97. The van der Waals surface area contributed by atoms with Crippen LogP contribution in [0.5, 0.6) is 5.75 Å². The molecule has 1 saturated carbocycles. The Kier molecular flexibility index (Phi) is 2.70. The van der Waals surface area contributed by atoms with Crippen molar-refractivity contribution in [2.24, 2.45) is 0 Å². The largest absolute Gasteiger partial charge is 0.490 e. The number of aliphatic hydroxyl groups excluding tert-OH is 2. The van der Waals surface area contributed by atoms with Crippen molar-refractivity contribution in [1.29, 1.82) is 0 Å². The second kappa shape index (κ2) is 3.98. The van der Waals surface area contributed by atoms with Gasteiger partial charge < -0.3 is 14.9 Å². The second-order valence-electron chi connectivity index (χ2n) is 3.59. The highest BCUT2D eigenvalue weighted by Gasteiger charge is 2.32. The molecule has 75 valence electrons. The minimum Gasteiger partial charge on any atom is -0.490 e. The fourth-order valence-electron chi connectivity index (χ4n) is 1.69. The standard InChI is InChI=1S/C11H13O3/c12-10-6-9(7-11(10)13)14-8-4-2-1-3-5-8/h1-2,4-5,9-13H,6-7H2. The van der Waals surface area contributed by atoms with Gasteiger partial charge in [-0.1, -0.05) is 12.1 Å². The lowest BCUT2D eigenvalue weighted by Gasteiger charge is -2.12. The number of rotatable bonds is 2. The molecule has 1 aromatic carbocycles. The first-order chi connectivity index (χ1) is 6.75. The Labute approximate surface area is 83.0 Å². The molecule has 3 heteroatoms. The molecule has 2 rings (SSSR count). The van der Waals surface area contributed by atoms with Crippen molar-refractivity contribution in [3.63, 3.8) is 0 Å². The number of hydrogen-bond acceptors (Lipinski definition) is 3. The second-order valence-corrected chi connectivity index (χ2v) is 3.59. The van der Waals surface area contributed by atoms with Crippen LogP contribution in [0.15, 0.2) is 24.3 Å². The summed E-state index contributed by atoms with van der Waals surface area (Å²) in [5.74, 6) is 0.735. The van der Waals surface area contributed by atoms with Crippen LogP contribution in [0.25, 0.3) is 0 Å². The molecule has 0 heterocycles. The van der Waals surface area contributed by atoms with E-state index in [-0.39, 0.29) is 6.10 Å². The third-order valence-corrected chi connectivity index (χ3v) is 2.43. The van der Waals surface area contributed by atoms with Crippen LogP contribution in [0.1, 0.15) is 12.8 Å². The molecule has 0 bridgehead atoms. The Morgan fingerprint density at radius 3 is 2.57 bits per heavy atom. The van der Waals surface area contributed by atoms with Crippen molar-refractivity contribution < 1.29 is 14.9 Å². The fourth-order valence-corrected chi connectivity index (χ4v) is 1.69. The van der Waals surface area contributed by atoms with E-state index in [0.717, 1.165) is 5.75 Å². The molecule has 1 aromatic rings. The van der Waals surface area contributed by atoms with Crippen molar-refractivity contribution in [3.05, 3.63) is 30.3 Å². The van der Waals surface area contributed by atoms with E-state index >= 15 is 0 Å². The van der Waals surface area contributed by atoms with Gasteiger partial charge in [0.1, 0.15) is 11.9 Å². The topological polar surface area (TPSA) is 49.7 Å². The van der Waals surface area contributed by atoms with Crippen LogP contribution in [0, 0.1) is 6.07 Å². The molecule has 0 aromatic heterocycles. The van der Waals surface area contributed by atoms with Crippen molar-refractivity contribution in [3.8, 4) is 5.75 Å². The van der Waals surface area contributed by atoms with Crippen LogP contribution in [-0.4, -0.2) is 28.5 Å². The minimum atomic E-state index is -0.646. The van der Waals surface area contributed by atoms with Crippen molar-refractivity contribution in [2.75, 3.05) is 0 Å². The van der Waals surface area contributed by atoms with Crippen LogP contribution in [0.2, 0.25) is 0 Å². The number of ether oxygens (including phenoxy) is 1. The highest BCUT2D eigenvalue weighted by atomic mass is 16.5. The number of hydrogen-bond donors (Lipinski definition) is 2.